The maximum atomic E-state index is 14.1. The van der Waals surface area contributed by atoms with E-state index in [0.717, 1.165) is 33.3 Å². The molecule has 0 saturated carbocycles. The van der Waals surface area contributed by atoms with Gasteiger partial charge in [0.15, 0.2) is 5.54 Å². The van der Waals surface area contributed by atoms with Gasteiger partial charge in [-0.3, -0.25) is 9.59 Å². The van der Waals surface area contributed by atoms with Crippen molar-refractivity contribution in [2.75, 3.05) is 13.1 Å². The number of nitrogens with zero attached hydrogens (tertiary/aromatic N) is 2. The average molecular weight is 450 g/mol. The number of benzene rings is 3. The maximum Gasteiger partial charge on any atom is 0.255 e. The van der Waals surface area contributed by atoms with Crippen molar-refractivity contribution in [3.05, 3.63) is 107 Å². The number of rotatable bonds is 3. The second-order valence-electron chi connectivity index (χ2n) is 9.65. The molecular weight excluding hydrogens is 422 g/mol. The van der Waals surface area contributed by atoms with E-state index >= 15 is 0 Å². The van der Waals surface area contributed by atoms with Gasteiger partial charge in [0.2, 0.25) is 5.91 Å². The number of H-pyrrole nitrogens is 1. The number of hydrogen-bond donors (Lipinski definition) is 1. The Hall–Kier alpha value is -3.86. The van der Waals surface area contributed by atoms with Gasteiger partial charge in [0.25, 0.3) is 5.91 Å². The fourth-order valence-electron chi connectivity index (χ4n) is 5.71. The Morgan fingerprint density at radius 2 is 1.65 bits per heavy atom. The Labute approximate surface area is 199 Å². The van der Waals surface area contributed by atoms with Crippen LogP contribution in [0.3, 0.4) is 0 Å². The van der Waals surface area contributed by atoms with Crippen molar-refractivity contribution in [3.8, 4) is 0 Å². The fraction of sp³-hybridized carbons (Fsp3) is 0.241. The lowest BCUT2D eigenvalue weighted by atomic mass is 9.76. The number of amides is 2. The summed E-state index contributed by atoms with van der Waals surface area (Å²) in [7, 11) is 0. The lowest BCUT2D eigenvalue weighted by Crippen LogP contribution is -2.67. The van der Waals surface area contributed by atoms with E-state index in [1.807, 2.05) is 55.5 Å². The number of aromatic amines is 1. The lowest BCUT2D eigenvalue weighted by Gasteiger charge is -2.51. The first-order valence-electron chi connectivity index (χ1n) is 11.8. The summed E-state index contributed by atoms with van der Waals surface area (Å²) in [6.07, 6.45) is 0. The molecule has 2 amide bonds. The third kappa shape index (κ3) is 3.00. The van der Waals surface area contributed by atoms with Crippen LogP contribution in [-0.4, -0.2) is 39.7 Å². The highest BCUT2D eigenvalue weighted by Crippen LogP contribution is 2.48. The first kappa shape index (κ1) is 20.7. The number of aromatic nitrogens is 1. The number of carbonyl (C=O) groups is 2. The van der Waals surface area contributed by atoms with E-state index in [9.17, 15) is 9.59 Å². The zero-order chi connectivity index (χ0) is 23.4. The van der Waals surface area contributed by atoms with Crippen molar-refractivity contribution in [2.24, 2.45) is 0 Å². The number of nitrogens with one attached hydrogen (secondary N) is 1. The Kier molecular flexibility index (Phi) is 4.63. The summed E-state index contributed by atoms with van der Waals surface area (Å²) in [6, 6.07) is 26.6. The van der Waals surface area contributed by atoms with E-state index in [1.54, 1.807) is 9.80 Å². The second-order valence-corrected chi connectivity index (χ2v) is 9.65. The number of carbonyl (C=O) groups excluding carboxylic acids is 2. The van der Waals surface area contributed by atoms with E-state index in [2.05, 4.69) is 42.2 Å². The fourth-order valence-corrected chi connectivity index (χ4v) is 5.71. The van der Waals surface area contributed by atoms with Gasteiger partial charge in [-0.25, -0.2) is 0 Å². The summed E-state index contributed by atoms with van der Waals surface area (Å²) < 4.78 is 0. The molecule has 1 N–H and O–H groups in total. The average Bonchev–Trinajstić information content (AvgIpc) is 3.25. The number of hydrogen-bond acceptors (Lipinski definition) is 2. The smallest absolute Gasteiger partial charge is 0.255 e. The zero-order valence-corrected chi connectivity index (χ0v) is 19.4. The molecule has 6 rings (SSSR count). The van der Waals surface area contributed by atoms with Crippen LogP contribution in [0, 0.1) is 6.92 Å². The van der Waals surface area contributed by atoms with Crippen LogP contribution in [0.2, 0.25) is 0 Å². The topological polar surface area (TPSA) is 56.4 Å². The van der Waals surface area contributed by atoms with Crippen LogP contribution in [0.1, 0.15) is 40.8 Å². The SMILES string of the molecule is Cc1ccc([C@@H]2CN3C(=O)CN(Cc4ccccc4)C(=O)[C@]3(C)c3[nH]c4ccccc4c32)cc1. The molecular formula is C29H27N3O2. The van der Waals surface area contributed by atoms with Crippen molar-refractivity contribution >= 4 is 22.7 Å². The molecule has 4 aromatic rings. The molecule has 34 heavy (non-hydrogen) atoms. The summed E-state index contributed by atoms with van der Waals surface area (Å²) >= 11 is 0. The number of para-hydroxylation sites is 1. The van der Waals surface area contributed by atoms with Crippen LogP contribution in [0.4, 0.5) is 0 Å². The van der Waals surface area contributed by atoms with Gasteiger partial charge in [0.1, 0.15) is 6.54 Å². The molecule has 170 valence electrons. The minimum absolute atomic E-state index is 0.00255. The quantitative estimate of drug-likeness (QED) is 0.493. The molecule has 0 aliphatic carbocycles. The van der Waals surface area contributed by atoms with Crippen molar-refractivity contribution < 1.29 is 9.59 Å². The molecule has 5 heteroatoms. The minimum atomic E-state index is -1.07. The largest absolute Gasteiger partial charge is 0.356 e. The Morgan fingerprint density at radius 3 is 2.41 bits per heavy atom. The molecule has 3 aromatic carbocycles. The Morgan fingerprint density at radius 1 is 0.941 bits per heavy atom. The Balaban J connectivity index is 1.52. The minimum Gasteiger partial charge on any atom is -0.356 e. The highest BCUT2D eigenvalue weighted by Gasteiger charge is 2.56. The highest BCUT2D eigenvalue weighted by atomic mass is 16.2. The molecule has 1 saturated heterocycles. The molecule has 5 nitrogen and oxygen atoms in total. The van der Waals surface area contributed by atoms with E-state index in [-0.39, 0.29) is 24.3 Å². The molecule has 0 spiro atoms. The van der Waals surface area contributed by atoms with Gasteiger partial charge < -0.3 is 14.8 Å². The van der Waals surface area contributed by atoms with Gasteiger partial charge in [0, 0.05) is 29.9 Å². The van der Waals surface area contributed by atoms with Crippen molar-refractivity contribution in [2.45, 2.75) is 31.8 Å². The van der Waals surface area contributed by atoms with Crippen LogP contribution in [0.25, 0.3) is 10.9 Å². The van der Waals surface area contributed by atoms with Crippen molar-refractivity contribution in [1.82, 2.24) is 14.8 Å². The van der Waals surface area contributed by atoms with E-state index in [4.69, 9.17) is 0 Å². The maximum absolute atomic E-state index is 14.1. The highest BCUT2D eigenvalue weighted by molar-refractivity contribution is 6.01. The molecule has 2 atom stereocenters. The lowest BCUT2D eigenvalue weighted by molar-refractivity contribution is -0.166. The first-order chi connectivity index (χ1) is 16.5. The van der Waals surface area contributed by atoms with E-state index in [0.29, 0.717) is 13.1 Å². The van der Waals surface area contributed by atoms with Gasteiger partial charge in [-0.05, 0) is 36.6 Å². The van der Waals surface area contributed by atoms with E-state index in [1.165, 1.54) is 5.56 Å². The van der Waals surface area contributed by atoms with Gasteiger partial charge in [0.05, 0.1) is 5.69 Å². The third-order valence-electron chi connectivity index (χ3n) is 7.51. The molecule has 2 aliphatic rings. The van der Waals surface area contributed by atoms with Gasteiger partial charge in [-0.1, -0.05) is 78.4 Å². The number of fused-ring (bicyclic) bond motifs is 5. The van der Waals surface area contributed by atoms with Gasteiger partial charge in [-0.2, -0.15) is 0 Å². The molecule has 1 aromatic heterocycles. The molecule has 3 heterocycles. The summed E-state index contributed by atoms with van der Waals surface area (Å²) in [4.78, 5) is 34.7. The standard InChI is InChI=1S/C29H27N3O2/c1-19-12-14-21(15-13-19)23-17-32-25(33)18-31(16-20-8-4-3-5-9-20)28(34)29(32,2)27-26(23)22-10-6-7-11-24(22)30-27/h3-15,23,30H,16-18H2,1-2H3/t23-,29-/m0/s1. The van der Waals surface area contributed by atoms with E-state index < -0.39 is 5.54 Å². The summed E-state index contributed by atoms with van der Waals surface area (Å²) in [5.74, 6) is -0.0530. The molecule has 2 aliphatic heterocycles. The predicted octanol–water partition coefficient (Wildman–Crippen LogP) is 4.71. The van der Waals surface area contributed by atoms with Crippen LogP contribution >= 0.6 is 0 Å². The summed E-state index contributed by atoms with van der Waals surface area (Å²) in [5, 5.41) is 1.12. The molecule has 0 unspecified atom stereocenters. The monoisotopic (exact) mass is 449 g/mol. The van der Waals surface area contributed by atoms with Gasteiger partial charge >= 0.3 is 0 Å². The van der Waals surface area contributed by atoms with Crippen LogP contribution < -0.4 is 0 Å². The third-order valence-corrected chi connectivity index (χ3v) is 7.51. The normalized spacial score (nSPS) is 22.1. The zero-order valence-electron chi connectivity index (χ0n) is 19.4. The predicted molar refractivity (Wildman–Crippen MR) is 132 cm³/mol. The van der Waals surface area contributed by atoms with Gasteiger partial charge in [-0.15, -0.1) is 0 Å². The first-order valence-corrected chi connectivity index (χ1v) is 11.8. The van der Waals surface area contributed by atoms with Crippen LogP contribution in [0.15, 0.2) is 78.9 Å². The van der Waals surface area contributed by atoms with Crippen molar-refractivity contribution in [3.63, 3.8) is 0 Å². The molecule has 1 fully saturated rings. The second kappa shape index (κ2) is 7.59. The summed E-state index contributed by atoms with van der Waals surface area (Å²) in [5.41, 5.74) is 5.26. The van der Waals surface area contributed by atoms with Crippen LogP contribution in [0.5, 0.6) is 0 Å². The summed E-state index contributed by atoms with van der Waals surface area (Å²) in [6.45, 7) is 4.99. The van der Waals surface area contributed by atoms with Crippen molar-refractivity contribution in [1.29, 1.82) is 0 Å². The van der Waals surface area contributed by atoms with Crippen LogP contribution in [-0.2, 0) is 21.7 Å². The molecule has 0 radical (unpaired) electrons. The number of aryl methyl sites for hydroxylation is 1. The molecule has 0 bridgehead atoms. The number of piperazine rings is 1. The Bertz CT molecular complexity index is 1410.